The summed E-state index contributed by atoms with van der Waals surface area (Å²) in [6, 6.07) is 3.35. The van der Waals surface area contributed by atoms with Crippen molar-refractivity contribution in [3.05, 3.63) is 27.7 Å². The van der Waals surface area contributed by atoms with Crippen LogP contribution in [0.15, 0.2) is 12.1 Å². The third-order valence-electron chi connectivity index (χ3n) is 2.47. The highest BCUT2D eigenvalue weighted by Gasteiger charge is 2.21. The van der Waals surface area contributed by atoms with E-state index >= 15 is 0 Å². The molecule has 4 heteroatoms. The van der Waals surface area contributed by atoms with Gasteiger partial charge in [0.05, 0.1) is 12.1 Å². The maximum Gasteiger partial charge on any atom is 0.142 e. The fourth-order valence-corrected chi connectivity index (χ4v) is 2.43. The number of rotatable bonds is 3. The summed E-state index contributed by atoms with van der Waals surface area (Å²) in [6.45, 7) is 6.43. The lowest BCUT2D eigenvalue weighted by Crippen LogP contribution is -2.19. The van der Waals surface area contributed by atoms with E-state index in [4.69, 9.17) is 33.7 Å². The molecule has 1 aromatic carbocycles. The Morgan fingerprint density at radius 2 is 1.88 bits per heavy atom. The number of benzene rings is 1. The Bertz CT molecular complexity index is 399. The van der Waals surface area contributed by atoms with E-state index < -0.39 is 0 Å². The summed E-state index contributed by atoms with van der Waals surface area (Å²) in [5.74, 6) is 0.618. The summed E-state index contributed by atoms with van der Waals surface area (Å²) in [7, 11) is 1.59. The summed E-state index contributed by atoms with van der Waals surface area (Å²) in [5, 5.41) is 1.08. The SMILES string of the molecule is COc1c(Cl)cc(Cl)cc1C(N)CC(C)(C)C. The molecule has 1 unspecified atom stereocenters. The van der Waals surface area contributed by atoms with Gasteiger partial charge in [0.2, 0.25) is 0 Å². The fourth-order valence-electron chi connectivity index (χ4n) is 1.84. The second-order valence-electron chi connectivity index (χ2n) is 5.38. The van der Waals surface area contributed by atoms with Crippen LogP contribution in [0.2, 0.25) is 10.0 Å². The minimum atomic E-state index is -0.138. The average molecular weight is 276 g/mol. The van der Waals surface area contributed by atoms with Crippen molar-refractivity contribution in [2.24, 2.45) is 11.1 Å². The molecule has 0 aromatic heterocycles. The van der Waals surface area contributed by atoms with E-state index in [0.29, 0.717) is 15.8 Å². The maximum absolute atomic E-state index is 6.20. The molecule has 96 valence electrons. The van der Waals surface area contributed by atoms with Crippen molar-refractivity contribution in [1.82, 2.24) is 0 Å². The molecule has 0 bridgehead atoms. The lowest BCUT2D eigenvalue weighted by Gasteiger charge is -2.25. The number of hydrogen-bond donors (Lipinski definition) is 1. The molecule has 0 aliphatic heterocycles. The van der Waals surface area contributed by atoms with E-state index in [1.54, 1.807) is 13.2 Å². The van der Waals surface area contributed by atoms with Gasteiger partial charge >= 0.3 is 0 Å². The van der Waals surface area contributed by atoms with Gasteiger partial charge in [-0.15, -0.1) is 0 Å². The quantitative estimate of drug-likeness (QED) is 0.885. The summed E-state index contributed by atoms with van der Waals surface area (Å²) in [6.07, 6.45) is 0.833. The average Bonchev–Trinajstić information content (AvgIpc) is 2.13. The third kappa shape index (κ3) is 4.06. The van der Waals surface area contributed by atoms with Crippen molar-refractivity contribution in [2.75, 3.05) is 7.11 Å². The highest BCUT2D eigenvalue weighted by Crippen LogP contribution is 2.38. The third-order valence-corrected chi connectivity index (χ3v) is 2.97. The van der Waals surface area contributed by atoms with Crippen molar-refractivity contribution < 1.29 is 4.74 Å². The first-order valence-corrected chi connectivity index (χ1v) is 6.28. The molecule has 0 aliphatic rings. The Labute approximate surface area is 113 Å². The van der Waals surface area contributed by atoms with Crippen molar-refractivity contribution in [3.63, 3.8) is 0 Å². The molecule has 0 radical (unpaired) electrons. The summed E-state index contributed by atoms with van der Waals surface area (Å²) in [4.78, 5) is 0. The zero-order valence-electron chi connectivity index (χ0n) is 10.7. The second-order valence-corrected chi connectivity index (χ2v) is 6.23. The van der Waals surface area contributed by atoms with Crippen LogP contribution in [0.25, 0.3) is 0 Å². The highest BCUT2D eigenvalue weighted by molar-refractivity contribution is 6.35. The molecule has 0 fully saturated rings. The van der Waals surface area contributed by atoms with Gasteiger partial charge < -0.3 is 10.5 Å². The van der Waals surface area contributed by atoms with E-state index in [1.807, 2.05) is 6.07 Å². The minimum absolute atomic E-state index is 0.138. The van der Waals surface area contributed by atoms with E-state index in [2.05, 4.69) is 20.8 Å². The molecule has 0 saturated carbocycles. The predicted molar refractivity (Wildman–Crippen MR) is 74.0 cm³/mol. The molecule has 1 rings (SSSR count). The molecule has 0 heterocycles. The van der Waals surface area contributed by atoms with Crippen LogP contribution in [0.5, 0.6) is 5.75 Å². The Morgan fingerprint density at radius 3 is 2.35 bits per heavy atom. The van der Waals surface area contributed by atoms with Crippen LogP contribution in [0, 0.1) is 5.41 Å². The molecular formula is C13H19Cl2NO. The number of ether oxygens (including phenoxy) is 1. The van der Waals surface area contributed by atoms with Crippen LogP contribution in [-0.4, -0.2) is 7.11 Å². The molecule has 0 aliphatic carbocycles. The number of hydrogen-bond acceptors (Lipinski definition) is 2. The molecule has 0 amide bonds. The normalized spacial score (nSPS) is 13.6. The van der Waals surface area contributed by atoms with Crippen molar-refractivity contribution in [1.29, 1.82) is 0 Å². The number of halogens is 2. The molecule has 1 aromatic rings. The predicted octanol–water partition coefficient (Wildman–Crippen LogP) is 4.44. The van der Waals surface area contributed by atoms with E-state index in [9.17, 15) is 0 Å². The van der Waals surface area contributed by atoms with Gasteiger partial charge in [0, 0.05) is 16.6 Å². The first-order chi connectivity index (χ1) is 7.74. The van der Waals surface area contributed by atoms with Gasteiger partial charge in [-0.2, -0.15) is 0 Å². The van der Waals surface area contributed by atoms with Gasteiger partial charge in [0.1, 0.15) is 5.75 Å². The van der Waals surface area contributed by atoms with Gasteiger partial charge in [-0.25, -0.2) is 0 Å². The number of nitrogens with two attached hydrogens (primary N) is 1. The van der Waals surface area contributed by atoms with E-state index in [0.717, 1.165) is 12.0 Å². The zero-order chi connectivity index (χ0) is 13.2. The van der Waals surface area contributed by atoms with Crippen molar-refractivity contribution in [3.8, 4) is 5.75 Å². The Hall–Kier alpha value is -0.440. The molecule has 1 atom stereocenters. The smallest absolute Gasteiger partial charge is 0.142 e. The van der Waals surface area contributed by atoms with Crippen molar-refractivity contribution in [2.45, 2.75) is 33.2 Å². The number of methoxy groups -OCH3 is 1. The largest absolute Gasteiger partial charge is 0.495 e. The van der Waals surface area contributed by atoms with Crippen molar-refractivity contribution >= 4 is 23.2 Å². The zero-order valence-corrected chi connectivity index (χ0v) is 12.2. The molecule has 17 heavy (non-hydrogen) atoms. The minimum Gasteiger partial charge on any atom is -0.495 e. The van der Waals surface area contributed by atoms with Crippen LogP contribution in [-0.2, 0) is 0 Å². The van der Waals surface area contributed by atoms with E-state index in [1.165, 1.54) is 0 Å². The second kappa shape index (κ2) is 5.47. The van der Waals surface area contributed by atoms with Crippen LogP contribution < -0.4 is 10.5 Å². The summed E-state index contributed by atoms with van der Waals surface area (Å²) in [5.41, 5.74) is 7.20. The van der Waals surface area contributed by atoms with Gasteiger partial charge in [-0.05, 0) is 24.0 Å². The highest BCUT2D eigenvalue weighted by atomic mass is 35.5. The van der Waals surface area contributed by atoms with Gasteiger partial charge in [0.25, 0.3) is 0 Å². The van der Waals surface area contributed by atoms with Crippen LogP contribution in [0.4, 0.5) is 0 Å². The Morgan fingerprint density at radius 1 is 1.29 bits per heavy atom. The lowest BCUT2D eigenvalue weighted by molar-refractivity contribution is 0.334. The van der Waals surface area contributed by atoms with E-state index in [-0.39, 0.29) is 11.5 Å². The first kappa shape index (κ1) is 14.6. The molecule has 0 saturated heterocycles. The molecule has 0 spiro atoms. The van der Waals surface area contributed by atoms with Gasteiger partial charge in [-0.3, -0.25) is 0 Å². The van der Waals surface area contributed by atoms with Crippen LogP contribution in [0.1, 0.15) is 38.8 Å². The topological polar surface area (TPSA) is 35.2 Å². The monoisotopic (exact) mass is 275 g/mol. The summed E-state index contributed by atoms with van der Waals surface area (Å²) < 4.78 is 5.30. The summed E-state index contributed by atoms with van der Waals surface area (Å²) >= 11 is 12.1. The first-order valence-electron chi connectivity index (χ1n) is 5.53. The Kier molecular flexibility index (Phi) is 4.70. The van der Waals surface area contributed by atoms with Crippen LogP contribution in [0.3, 0.4) is 0 Å². The van der Waals surface area contributed by atoms with Gasteiger partial charge in [-0.1, -0.05) is 44.0 Å². The molecule has 2 N–H and O–H groups in total. The van der Waals surface area contributed by atoms with Gasteiger partial charge in [0.15, 0.2) is 0 Å². The standard InChI is InChI=1S/C13H19Cl2NO/c1-13(2,3)7-11(16)9-5-8(14)6-10(15)12(9)17-4/h5-6,11H,7,16H2,1-4H3. The maximum atomic E-state index is 6.20. The molecule has 2 nitrogen and oxygen atoms in total. The lowest BCUT2D eigenvalue weighted by atomic mass is 9.85. The molecular weight excluding hydrogens is 257 g/mol. The van der Waals surface area contributed by atoms with Crippen LogP contribution >= 0.6 is 23.2 Å². The Balaban J connectivity index is 3.11. The fraction of sp³-hybridized carbons (Fsp3) is 0.538.